The molecule has 0 radical (unpaired) electrons. The van der Waals surface area contributed by atoms with E-state index in [0.29, 0.717) is 18.7 Å². The third-order valence-electron chi connectivity index (χ3n) is 4.25. The fourth-order valence-corrected chi connectivity index (χ4v) is 2.91. The lowest BCUT2D eigenvalue weighted by molar-refractivity contribution is 0.0951. The highest BCUT2D eigenvalue weighted by Gasteiger charge is 2.11. The van der Waals surface area contributed by atoms with E-state index in [2.05, 4.69) is 10.3 Å². The fourth-order valence-electron chi connectivity index (χ4n) is 2.91. The highest BCUT2D eigenvalue weighted by molar-refractivity contribution is 5.94. The van der Waals surface area contributed by atoms with Crippen LogP contribution in [0.25, 0.3) is 5.69 Å². The molecule has 1 aromatic heterocycles. The third kappa shape index (κ3) is 3.77. The Hall–Kier alpha value is -3.08. The van der Waals surface area contributed by atoms with Crippen molar-refractivity contribution in [2.24, 2.45) is 0 Å². The second kappa shape index (κ2) is 7.87. The Bertz CT molecular complexity index is 915. The standard InChI is InChI=1S/C21H23N3O2/c1-4-26-20-10-9-17(13-15(20)2)21(25)23-14-18-7-5-6-8-19(18)24-12-11-22-16(24)3/h5-13H,4,14H2,1-3H3,(H,23,25). The first kappa shape index (κ1) is 17.7. The monoisotopic (exact) mass is 349 g/mol. The van der Waals surface area contributed by atoms with E-state index in [0.717, 1.165) is 28.4 Å². The maximum Gasteiger partial charge on any atom is 0.251 e. The van der Waals surface area contributed by atoms with Crippen molar-refractivity contribution in [1.82, 2.24) is 14.9 Å². The van der Waals surface area contributed by atoms with Gasteiger partial charge in [-0.15, -0.1) is 0 Å². The summed E-state index contributed by atoms with van der Waals surface area (Å²) in [7, 11) is 0. The average molecular weight is 349 g/mol. The molecule has 2 aromatic carbocycles. The Balaban J connectivity index is 1.75. The van der Waals surface area contributed by atoms with Gasteiger partial charge in [-0.2, -0.15) is 0 Å². The molecule has 0 aliphatic heterocycles. The van der Waals surface area contributed by atoms with Crippen LogP contribution in [0.4, 0.5) is 0 Å². The number of amides is 1. The Kier molecular flexibility index (Phi) is 5.37. The van der Waals surface area contributed by atoms with Crippen molar-refractivity contribution >= 4 is 5.91 Å². The smallest absolute Gasteiger partial charge is 0.251 e. The molecule has 26 heavy (non-hydrogen) atoms. The van der Waals surface area contributed by atoms with Crippen molar-refractivity contribution in [3.63, 3.8) is 0 Å². The van der Waals surface area contributed by atoms with Gasteiger partial charge in [0.1, 0.15) is 11.6 Å². The minimum Gasteiger partial charge on any atom is -0.494 e. The molecule has 3 aromatic rings. The normalized spacial score (nSPS) is 10.6. The summed E-state index contributed by atoms with van der Waals surface area (Å²) < 4.78 is 7.54. The van der Waals surface area contributed by atoms with Crippen molar-refractivity contribution in [2.75, 3.05) is 6.61 Å². The molecular formula is C21H23N3O2. The van der Waals surface area contributed by atoms with E-state index in [-0.39, 0.29) is 5.91 Å². The van der Waals surface area contributed by atoms with Gasteiger partial charge in [0.05, 0.1) is 12.3 Å². The molecule has 0 unspecified atom stereocenters. The van der Waals surface area contributed by atoms with Gasteiger partial charge in [-0.1, -0.05) is 18.2 Å². The van der Waals surface area contributed by atoms with Crippen molar-refractivity contribution in [3.05, 3.63) is 77.4 Å². The summed E-state index contributed by atoms with van der Waals surface area (Å²) in [5, 5.41) is 3.00. The SMILES string of the molecule is CCOc1ccc(C(=O)NCc2ccccc2-n2ccnc2C)cc1C. The van der Waals surface area contributed by atoms with E-state index in [1.165, 1.54) is 0 Å². The fraction of sp³-hybridized carbons (Fsp3) is 0.238. The number of para-hydroxylation sites is 1. The summed E-state index contributed by atoms with van der Waals surface area (Å²) >= 11 is 0. The van der Waals surface area contributed by atoms with E-state index in [1.54, 1.807) is 12.3 Å². The summed E-state index contributed by atoms with van der Waals surface area (Å²) in [5.74, 6) is 1.61. The number of carbonyl (C=O) groups excluding carboxylic acids is 1. The molecule has 0 atom stereocenters. The van der Waals surface area contributed by atoms with Gasteiger partial charge >= 0.3 is 0 Å². The van der Waals surface area contributed by atoms with Crippen LogP contribution in [0.3, 0.4) is 0 Å². The zero-order valence-corrected chi connectivity index (χ0v) is 15.3. The molecule has 0 aliphatic rings. The molecule has 1 heterocycles. The number of benzene rings is 2. The molecule has 0 saturated carbocycles. The molecular weight excluding hydrogens is 326 g/mol. The maximum atomic E-state index is 12.5. The van der Waals surface area contributed by atoms with Gasteiger partial charge in [-0.3, -0.25) is 4.79 Å². The van der Waals surface area contributed by atoms with Gasteiger partial charge in [0, 0.05) is 24.5 Å². The van der Waals surface area contributed by atoms with E-state index in [1.807, 2.05) is 67.9 Å². The number of aromatic nitrogens is 2. The van der Waals surface area contributed by atoms with Gasteiger partial charge in [-0.05, 0) is 56.2 Å². The first-order valence-corrected chi connectivity index (χ1v) is 8.70. The third-order valence-corrected chi connectivity index (χ3v) is 4.25. The molecule has 5 heteroatoms. The quantitative estimate of drug-likeness (QED) is 0.736. The zero-order valence-electron chi connectivity index (χ0n) is 15.3. The predicted octanol–water partition coefficient (Wildman–Crippen LogP) is 3.82. The maximum absolute atomic E-state index is 12.5. The van der Waals surface area contributed by atoms with Crippen LogP contribution >= 0.6 is 0 Å². The van der Waals surface area contributed by atoms with Gasteiger partial charge < -0.3 is 14.6 Å². The lowest BCUT2D eigenvalue weighted by Crippen LogP contribution is -2.23. The first-order chi connectivity index (χ1) is 12.6. The Labute approximate surface area is 153 Å². The first-order valence-electron chi connectivity index (χ1n) is 8.70. The number of aryl methyl sites for hydroxylation is 2. The van der Waals surface area contributed by atoms with Crippen LogP contribution in [0.5, 0.6) is 5.75 Å². The number of ether oxygens (including phenoxy) is 1. The van der Waals surface area contributed by atoms with E-state index < -0.39 is 0 Å². The Morgan fingerprint density at radius 3 is 2.69 bits per heavy atom. The van der Waals surface area contributed by atoms with Crippen LogP contribution in [0, 0.1) is 13.8 Å². The minimum absolute atomic E-state index is 0.103. The van der Waals surface area contributed by atoms with E-state index in [9.17, 15) is 4.79 Å². The molecule has 3 rings (SSSR count). The largest absolute Gasteiger partial charge is 0.494 e. The molecule has 1 amide bonds. The Morgan fingerprint density at radius 2 is 2.00 bits per heavy atom. The summed E-state index contributed by atoms with van der Waals surface area (Å²) in [6, 6.07) is 13.5. The molecule has 0 saturated heterocycles. The molecule has 0 fully saturated rings. The van der Waals surface area contributed by atoms with Crippen LogP contribution in [-0.2, 0) is 6.54 Å². The molecule has 0 aliphatic carbocycles. The number of carbonyl (C=O) groups is 1. The van der Waals surface area contributed by atoms with Crippen LogP contribution in [-0.4, -0.2) is 22.1 Å². The molecule has 134 valence electrons. The van der Waals surface area contributed by atoms with Gasteiger partial charge in [-0.25, -0.2) is 4.98 Å². The van der Waals surface area contributed by atoms with Crippen LogP contribution in [0.2, 0.25) is 0 Å². The second-order valence-electron chi connectivity index (χ2n) is 6.07. The van der Waals surface area contributed by atoms with Crippen molar-refractivity contribution in [1.29, 1.82) is 0 Å². The summed E-state index contributed by atoms with van der Waals surface area (Å²) in [4.78, 5) is 16.8. The highest BCUT2D eigenvalue weighted by Crippen LogP contribution is 2.20. The lowest BCUT2D eigenvalue weighted by atomic mass is 10.1. The second-order valence-corrected chi connectivity index (χ2v) is 6.07. The number of hydrogen-bond donors (Lipinski definition) is 1. The van der Waals surface area contributed by atoms with Gasteiger partial charge in [0.2, 0.25) is 0 Å². The van der Waals surface area contributed by atoms with Crippen LogP contribution in [0.1, 0.15) is 34.2 Å². The summed E-state index contributed by atoms with van der Waals surface area (Å²) in [6.45, 7) is 6.90. The number of hydrogen-bond acceptors (Lipinski definition) is 3. The highest BCUT2D eigenvalue weighted by atomic mass is 16.5. The van der Waals surface area contributed by atoms with Gasteiger partial charge in [0.15, 0.2) is 0 Å². The number of nitrogens with one attached hydrogen (secondary N) is 1. The number of rotatable bonds is 6. The molecule has 1 N–H and O–H groups in total. The van der Waals surface area contributed by atoms with Crippen LogP contribution < -0.4 is 10.1 Å². The summed E-state index contributed by atoms with van der Waals surface area (Å²) in [6.07, 6.45) is 3.69. The van der Waals surface area contributed by atoms with E-state index >= 15 is 0 Å². The predicted molar refractivity (Wildman–Crippen MR) is 102 cm³/mol. The molecule has 0 spiro atoms. The minimum atomic E-state index is -0.103. The molecule has 5 nitrogen and oxygen atoms in total. The van der Waals surface area contributed by atoms with Crippen molar-refractivity contribution < 1.29 is 9.53 Å². The average Bonchev–Trinajstić information content (AvgIpc) is 3.07. The van der Waals surface area contributed by atoms with Crippen LogP contribution in [0.15, 0.2) is 54.9 Å². The van der Waals surface area contributed by atoms with E-state index in [4.69, 9.17) is 4.74 Å². The number of imidazole rings is 1. The molecule has 0 bridgehead atoms. The van der Waals surface area contributed by atoms with Gasteiger partial charge in [0.25, 0.3) is 5.91 Å². The van der Waals surface area contributed by atoms with Crippen molar-refractivity contribution in [2.45, 2.75) is 27.3 Å². The zero-order chi connectivity index (χ0) is 18.5. The van der Waals surface area contributed by atoms with Crippen molar-refractivity contribution in [3.8, 4) is 11.4 Å². The lowest BCUT2D eigenvalue weighted by Gasteiger charge is -2.13. The summed E-state index contributed by atoms with van der Waals surface area (Å²) in [5.41, 5.74) is 3.63. The Morgan fingerprint density at radius 1 is 1.19 bits per heavy atom. The number of nitrogens with zero attached hydrogens (tertiary/aromatic N) is 2. The topological polar surface area (TPSA) is 56.1 Å².